The summed E-state index contributed by atoms with van der Waals surface area (Å²) in [6.45, 7) is 0. The van der Waals surface area contributed by atoms with Gasteiger partial charge in [-0.3, -0.25) is 14.7 Å². The van der Waals surface area contributed by atoms with Gasteiger partial charge in [0.05, 0.1) is 0 Å². The second-order valence-electron chi connectivity index (χ2n) is 6.74. The van der Waals surface area contributed by atoms with E-state index >= 15 is 0 Å². The summed E-state index contributed by atoms with van der Waals surface area (Å²) in [7, 11) is 1.55. The van der Waals surface area contributed by atoms with Crippen LogP contribution in [0, 0.1) is 5.82 Å². The highest BCUT2D eigenvalue weighted by Gasteiger charge is 2.54. The third-order valence-corrected chi connectivity index (χ3v) is 5.16. The lowest BCUT2D eigenvalue weighted by molar-refractivity contribution is -0.129. The van der Waals surface area contributed by atoms with Crippen molar-refractivity contribution in [3.63, 3.8) is 0 Å². The minimum Gasteiger partial charge on any atom is -0.457 e. The molecule has 0 aliphatic carbocycles. The monoisotopic (exact) mass is 374 g/mol. The molecular weight excluding hydrogens is 359 g/mol. The Labute approximate surface area is 160 Å². The van der Waals surface area contributed by atoms with Crippen LogP contribution in [0.5, 0.6) is 11.5 Å². The van der Waals surface area contributed by atoms with Crippen molar-refractivity contribution in [1.82, 2.24) is 9.88 Å². The molecule has 0 fully saturated rings. The average Bonchev–Trinajstić information content (AvgIpc) is 2.94. The maximum atomic E-state index is 14.1. The molecule has 0 radical (unpaired) electrons. The van der Waals surface area contributed by atoms with Crippen LogP contribution in [-0.2, 0) is 10.3 Å². The summed E-state index contributed by atoms with van der Waals surface area (Å²) in [5, 5.41) is 0. The molecule has 138 valence electrons. The van der Waals surface area contributed by atoms with Gasteiger partial charge in [0, 0.05) is 36.1 Å². The Hall–Kier alpha value is -3.74. The van der Waals surface area contributed by atoms with Gasteiger partial charge in [-0.1, -0.05) is 12.1 Å². The van der Waals surface area contributed by atoms with Gasteiger partial charge >= 0.3 is 0 Å². The second-order valence-corrected chi connectivity index (χ2v) is 6.74. The molecule has 1 aromatic heterocycles. The molecule has 3 heterocycles. The van der Waals surface area contributed by atoms with Crippen molar-refractivity contribution in [2.75, 3.05) is 7.05 Å². The van der Waals surface area contributed by atoms with E-state index in [1.54, 1.807) is 25.5 Å². The number of benzene rings is 2. The number of hydrogen-bond donors (Lipinski definition) is 1. The zero-order valence-electron chi connectivity index (χ0n) is 14.9. The highest BCUT2D eigenvalue weighted by atomic mass is 19.1. The second kappa shape index (κ2) is 5.63. The van der Waals surface area contributed by atoms with Gasteiger partial charge < -0.3 is 10.5 Å². The van der Waals surface area contributed by atoms with E-state index in [1.165, 1.54) is 23.1 Å². The Morgan fingerprint density at radius 1 is 1.07 bits per heavy atom. The number of guanidine groups is 1. The van der Waals surface area contributed by atoms with Crippen molar-refractivity contribution in [3.8, 4) is 22.6 Å². The molecule has 2 N–H and O–H groups in total. The van der Waals surface area contributed by atoms with E-state index in [0.29, 0.717) is 22.6 Å². The number of carbonyl (C=O) groups is 1. The molecular formula is C21H15FN4O2. The number of hydrogen-bond acceptors (Lipinski definition) is 5. The molecule has 7 heteroatoms. The molecule has 2 aliphatic heterocycles. The number of pyridine rings is 1. The smallest absolute Gasteiger partial charge is 0.266 e. The van der Waals surface area contributed by atoms with E-state index in [1.807, 2.05) is 24.3 Å². The van der Waals surface area contributed by atoms with Gasteiger partial charge in [-0.05, 0) is 42.0 Å². The number of fused-ring (bicyclic) bond motifs is 4. The molecule has 28 heavy (non-hydrogen) atoms. The first-order valence-electron chi connectivity index (χ1n) is 8.67. The van der Waals surface area contributed by atoms with Crippen molar-refractivity contribution in [2.24, 2.45) is 10.7 Å². The summed E-state index contributed by atoms with van der Waals surface area (Å²) < 4.78 is 20.1. The number of nitrogens with two attached hydrogens (primary N) is 1. The molecule has 3 aromatic rings. The number of amides is 1. The maximum Gasteiger partial charge on any atom is 0.266 e. The van der Waals surface area contributed by atoms with Gasteiger partial charge in [-0.15, -0.1) is 0 Å². The summed E-state index contributed by atoms with van der Waals surface area (Å²) >= 11 is 0. The van der Waals surface area contributed by atoms with Crippen molar-refractivity contribution >= 4 is 11.9 Å². The van der Waals surface area contributed by atoms with E-state index in [-0.39, 0.29) is 11.9 Å². The Kier molecular flexibility index (Phi) is 3.30. The first kappa shape index (κ1) is 16.4. The summed E-state index contributed by atoms with van der Waals surface area (Å²) in [5.41, 5.74) is 7.07. The number of aromatic nitrogens is 1. The molecule has 0 saturated heterocycles. The third kappa shape index (κ3) is 2.10. The lowest BCUT2D eigenvalue weighted by Gasteiger charge is -2.33. The minimum atomic E-state index is -1.48. The quantitative estimate of drug-likeness (QED) is 0.710. The number of rotatable bonds is 1. The molecule has 5 rings (SSSR count). The molecule has 2 aromatic carbocycles. The van der Waals surface area contributed by atoms with E-state index in [4.69, 9.17) is 10.5 Å². The van der Waals surface area contributed by atoms with Crippen molar-refractivity contribution in [3.05, 3.63) is 77.9 Å². The first-order chi connectivity index (χ1) is 13.5. The van der Waals surface area contributed by atoms with Gasteiger partial charge in [0.15, 0.2) is 5.96 Å². The van der Waals surface area contributed by atoms with Gasteiger partial charge in [0.2, 0.25) is 5.54 Å². The predicted octanol–water partition coefficient (Wildman–Crippen LogP) is 3.02. The molecule has 1 spiro atoms. The van der Waals surface area contributed by atoms with Gasteiger partial charge in [-0.2, -0.15) is 0 Å². The van der Waals surface area contributed by atoms with E-state index in [2.05, 4.69) is 9.98 Å². The lowest BCUT2D eigenvalue weighted by Crippen LogP contribution is -2.42. The van der Waals surface area contributed by atoms with Gasteiger partial charge in [-0.25, -0.2) is 9.38 Å². The summed E-state index contributed by atoms with van der Waals surface area (Å²) in [4.78, 5) is 23.3. The molecule has 1 amide bonds. The molecule has 6 nitrogen and oxygen atoms in total. The number of aliphatic imine (C=N–C) groups is 1. The summed E-state index contributed by atoms with van der Waals surface area (Å²) in [5.74, 6) is 0.0875. The van der Waals surface area contributed by atoms with Crippen LogP contribution in [0.3, 0.4) is 0 Å². The Morgan fingerprint density at radius 2 is 1.82 bits per heavy atom. The zero-order chi connectivity index (χ0) is 19.5. The number of likely N-dealkylation sites (N-methyl/N-ethyl adjacent to an activating group) is 1. The van der Waals surface area contributed by atoms with Crippen LogP contribution >= 0.6 is 0 Å². The standard InChI is InChI=1S/C21H15FN4O2/c1-26-19(27)21(25-20(26)23)15-9-12(13-3-2-8-24-11-13)4-6-17(15)28-18-7-5-14(22)10-16(18)21/h2-11H,1H3,(H2,23,25). The largest absolute Gasteiger partial charge is 0.457 e. The first-order valence-corrected chi connectivity index (χ1v) is 8.67. The van der Waals surface area contributed by atoms with Crippen LogP contribution in [0.15, 0.2) is 65.9 Å². The van der Waals surface area contributed by atoms with Crippen LogP contribution in [0.1, 0.15) is 11.1 Å². The fourth-order valence-corrected chi connectivity index (χ4v) is 3.74. The fourth-order valence-electron chi connectivity index (χ4n) is 3.74. The van der Waals surface area contributed by atoms with Crippen LogP contribution in [0.4, 0.5) is 4.39 Å². The zero-order valence-corrected chi connectivity index (χ0v) is 14.9. The number of nitrogens with zero attached hydrogens (tertiary/aromatic N) is 3. The van der Waals surface area contributed by atoms with Crippen LogP contribution in [0.25, 0.3) is 11.1 Å². The van der Waals surface area contributed by atoms with E-state index < -0.39 is 11.4 Å². The summed E-state index contributed by atoms with van der Waals surface area (Å²) in [6.07, 6.45) is 3.41. The number of halogens is 1. The molecule has 1 atom stereocenters. The lowest BCUT2D eigenvalue weighted by atomic mass is 9.79. The van der Waals surface area contributed by atoms with Crippen molar-refractivity contribution in [2.45, 2.75) is 5.54 Å². The third-order valence-electron chi connectivity index (χ3n) is 5.16. The highest BCUT2D eigenvalue weighted by molar-refractivity contribution is 6.10. The van der Waals surface area contributed by atoms with Crippen molar-refractivity contribution in [1.29, 1.82) is 0 Å². The van der Waals surface area contributed by atoms with Gasteiger partial charge in [0.25, 0.3) is 5.91 Å². The molecule has 2 aliphatic rings. The van der Waals surface area contributed by atoms with Crippen molar-refractivity contribution < 1.29 is 13.9 Å². The van der Waals surface area contributed by atoms with Crippen LogP contribution in [0.2, 0.25) is 0 Å². The van der Waals surface area contributed by atoms with Gasteiger partial charge in [0.1, 0.15) is 17.3 Å². The maximum absolute atomic E-state index is 14.1. The molecule has 1 unspecified atom stereocenters. The Balaban J connectivity index is 1.82. The summed E-state index contributed by atoms with van der Waals surface area (Å²) in [6, 6.07) is 13.3. The Morgan fingerprint density at radius 3 is 2.50 bits per heavy atom. The minimum absolute atomic E-state index is 0.0693. The van der Waals surface area contributed by atoms with Crippen LogP contribution < -0.4 is 10.5 Å². The topological polar surface area (TPSA) is 80.8 Å². The highest BCUT2D eigenvalue weighted by Crippen LogP contribution is 2.52. The SMILES string of the molecule is CN1C(=O)C2(N=C1N)c1cc(F)ccc1Oc1ccc(-c3cccnc3)cc12. The normalized spacial score (nSPS) is 19.9. The van der Waals surface area contributed by atoms with E-state index in [9.17, 15) is 9.18 Å². The van der Waals surface area contributed by atoms with E-state index in [0.717, 1.165) is 11.1 Å². The average molecular weight is 374 g/mol. The number of ether oxygens (including phenoxy) is 1. The van der Waals surface area contributed by atoms with Crippen LogP contribution in [-0.4, -0.2) is 28.8 Å². The predicted molar refractivity (Wildman–Crippen MR) is 101 cm³/mol. The number of carbonyl (C=O) groups excluding carboxylic acids is 1. The Bertz CT molecular complexity index is 1160. The fraction of sp³-hybridized carbons (Fsp3) is 0.0952. The molecule has 0 saturated carbocycles. The molecule has 0 bridgehead atoms.